The van der Waals surface area contributed by atoms with Gasteiger partial charge in [0.05, 0.1) is 5.69 Å². The standard InChI is InChI=1S/C16H19NO3/c17-14-6-2-4-8-16(14)20-12-11-19-15-7-3-1-5-13(15)9-10-18/h1-8,18H,9-12,17H2. The first-order chi connectivity index (χ1) is 9.81. The third-order valence-electron chi connectivity index (χ3n) is 2.87. The first kappa shape index (κ1) is 14.2. The molecule has 4 heteroatoms. The lowest BCUT2D eigenvalue weighted by atomic mass is 10.1. The van der Waals surface area contributed by atoms with E-state index in [0.717, 1.165) is 11.3 Å². The number of para-hydroxylation sites is 3. The fourth-order valence-electron chi connectivity index (χ4n) is 1.89. The Morgan fingerprint density at radius 3 is 2.15 bits per heavy atom. The van der Waals surface area contributed by atoms with Gasteiger partial charge in [0.1, 0.15) is 24.7 Å². The van der Waals surface area contributed by atoms with E-state index in [0.29, 0.717) is 31.1 Å². The molecule has 0 aliphatic heterocycles. The maximum absolute atomic E-state index is 9.00. The summed E-state index contributed by atoms with van der Waals surface area (Å²) in [6, 6.07) is 15.0. The Bertz CT molecular complexity index is 543. The molecule has 0 saturated carbocycles. The molecule has 0 radical (unpaired) electrons. The zero-order chi connectivity index (χ0) is 14.2. The zero-order valence-corrected chi connectivity index (χ0v) is 11.3. The van der Waals surface area contributed by atoms with Crippen LogP contribution >= 0.6 is 0 Å². The number of aliphatic hydroxyl groups excluding tert-OH is 1. The topological polar surface area (TPSA) is 64.7 Å². The molecule has 0 aliphatic rings. The fourth-order valence-corrected chi connectivity index (χ4v) is 1.89. The van der Waals surface area contributed by atoms with Gasteiger partial charge in [0.25, 0.3) is 0 Å². The molecule has 0 aliphatic carbocycles. The minimum Gasteiger partial charge on any atom is -0.490 e. The highest BCUT2D eigenvalue weighted by Crippen LogP contribution is 2.20. The summed E-state index contributed by atoms with van der Waals surface area (Å²) in [7, 11) is 0. The van der Waals surface area contributed by atoms with E-state index < -0.39 is 0 Å². The van der Waals surface area contributed by atoms with Gasteiger partial charge >= 0.3 is 0 Å². The van der Waals surface area contributed by atoms with E-state index in [1.807, 2.05) is 42.5 Å². The van der Waals surface area contributed by atoms with Gasteiger partial charge in [-0.2, -0.15) is 0 Å². The van der Waals surface area contributed by atoms with Crippen LogP contribution in [0.2, 0.25) is 0 Å². The Balaban J connectivity index is 1.83. The van der Waals surface area contributed by atoms with Crippen LogP contribution in [0.25, 0.3) is 0 Å². The van der Waals surface area contributed by atoms with Crippen LogP contribution in [0.15, 0.2) is 48.5 Å². The van der Waals surface area contributed by atoms with Crippen LogP contribution in [-0.2, 0) is 6.42 Å². The molecule has 0 bridgehead atoms. The van der Waals surface area contributed by atoms with E-state index in [1.165, 1.54) is 0 Å². The summed E-state index contributed by atoms with van der Waals surface area (Å²) in [6.07, 6.45) is 0.586. The van der Waals surface area contributed by atoms with Crippen molar-refractivity contribution in [3.63, 3.8) is 0 Å². The molecule has 0 spiro atoms. The molecule has 0 aromatic heterocycles. The maximum atomic E-state index is 9.00. The number of hydrogen-bond acceptors (Lipinski definition) is 4. The Morgan fingerprint density at radius 1 is 0.850 bits per heavy atom. The summed E-state index contributed by atoms with van der Waals surface area (Å²) >= 11 is 0. The number of aliphatic hydroxyl groups is 1. The van der Waals surface area contributed by atoms with Gasteiger partial charge in [-0.1, -0.05) is 30.3 Å². The smallest absolute Gasteiger partial charge is 0.142 e. The van der Waals surface area contributed by atoms with Crippen LogP contribution < -0.4 is 15.2 Å². The summed E-state index contributed by atoms with van der Waals surface area (Å²) in [5.74, 6) is 1.45. The van der Waals surface area contributed by atoms with Crippen LogP contribution in [0.3, 0.4) is 0 Å². The molecule has 0 unspecified atom stereocenters. The quantitative estimate of drug-likeness (QED) is 0.600. The fraction of sp³-hybridized carbons (Fsp3) is 0.250. The molecular weight excluding hydrogens is 254 g/mol. The summed E-state index contributed by atoms with van der Waals surface area (Å²) in [6.45, 7) is 0.954. The number of anilines is 1. The number of ether oxygens (including phenoxy) is 2. The third kappa shape index (κ3) is 3.90. The largest absolute Gasteiger partial charge is 0.490 e. The Kier molecular flexibility index (Phi) is 5.26. The van der Waals surface area contributed by atoms with Crippen molar-refractivity contribution >= 4 is 5.69 Å². The van der Waals surface area contributed by atoms with E-state index in [4.69, 9.17) is 20.3 Å². The Labute approximate surface area is 118 Å². The van der Waals surface area contributed by atoms with E-state index >= 15 is 0 Å². The van der Waals surface area contributed by atoms with Crippen molar-refractivity contribution in [3.05, 3.63) is 54.1 Å². The number of benzene rings is 2. The van der Waals surface area contributed by atoms with Gasteiger partial charge in [-0.25, -0.2) is 0 Å². The molecule has 0 atom stereocenters. The average Bonchev–Trinajstić information content (AvgIpc) is 2.47. The highest BCUT2D eigenvalue weighted by Gasteiger charge is 2.03. The van der Waals surface area contributed by atoms with Crippen LogP contribution in [0, 0.1) is 0 Å². The second-order valence-corrected chi connectivity index (χ2v) is 4.32. The normalized spacial score (nSPS) is 10.2. The predicted octanol–water partition coefficient (Wildman–Crippen LogP) is 2.26. The molecule has 3 N–H and O–H groups in total. The second-order valence-electron chi connectivity index (χ2n) is 4.32. The van der Waals surface area contributed by atoms with E-state index in [-0.39, 0.29) is 6.61 Å². The summed E-state index contributed by atoms with van der Waals surface area (Å²) in [5.41, 5.74) is 7.40. The number of hydrogen-bond donors (Lipinski definition) is 2. The van der Waals surface area contributed by atoms with E-state index in [2.05, 4.69) is 0 Å². The molecule has 2 aromatic carbocycles. The number of rotatable bonds is 7. The molecule has 106 valence electrons. The zero-order valence-electron chi connectivity index (χ0n) is 11.3. The highest BCUT2D eigenvalue weighted by atomic mass is 16.5. The third-order valence-corrected chi connectivity index (χ3v) is 2.87. The molecule has 2 aromatic rings. The van der Waals surface area contributed by atoms with Crippen molar-refractivity contribution in [1.82, 2.24) is 0 Å². The van der Waals surface area contributed by atoms with Crippen LogP contribution in [0.4, 0.5) is 5.69 Å². The van der Waals surface area contributed by atoms with E-state index in [1.54, 1.807) is 6.07 Å². The highest BCUT2D eigenvalue weighted by molar-refractivity contribution is 5.51. The van der Waals surface area contributed by atoms with Crippen molar-refractivity contribution in [2.24, 2.45) is 0 Å². The first-order valence-electron chi connectivity index (χ1n) is 6.60. The number of nitrogens with two attached hydrogens (primary N) is 1. The molecule has 4 nitrogen and oxygen atoms in total. The van der Waals surface area contributed by atoms with Crippen LogP contribution in [-0.4, -0.2) is 24.9 Å². The van der Waals surface area contributed by atoms with Gasteiger partial charge < -0.3 is 20.3 Å². The van der Waals surface area contributed by atoms with Crippen LogP contribution in [0.1, 0.15) is 5.56 Å². The van der Waals surface area contributed by atoms with Gasteiger partial charge in [0.2, 0.25) is 0 Å². The van der Waals surface area contributed by atoms with Crippen LogP contribution in [0.5, 0.6) is 11.5 Å². The molecular formula is C16H19NO3. The van der Waals surface area contributed by atoms with Crippen molar-refractivity contribution in [3.8, 4) is 11.5 Å². The Hall–Kier alpha value is -2.20. The Morgan fingerprint density at radius 2 is 1.45 bits per heavy atom. The van der Waals surface area contributed by atoms with E-state index in [9.17, 15) is 0 Å². The van der Waals surface area contributed by atoms with Gasteiger partial charge in [0, 0.05) is 6.61 Å². The van der Waals surface area contributed by atoms with Gasteiger partial charge in [-0.15, -0.1) is 0 Å². The predicted molar refractivity (Wildman–Crippen MR) is 79.1 cm³/mol. The molecule has 2 rings (SSSR count). The lowest BCUT2D eigenvalue weighted by molar-refractivity contribution is 0.215. The number of nitrogen functional groups attached to an aromatic ring is 1. The molecule has 0 saturated heterocycles. The van der Waals surface area contributed by atoms with Crippen molar-refractivity contribution in [2.45, 2.75) is 6.42 Å². The summed E-state index contributed by atoms with van der Waals surface area (Å²) in [4.78, 5) is 0. The second kappa shape index (κ2) is 7.40. The van der Waals surface area contributed by atoms with Gasteiger partial charge in [-0.05, 0) is 30.2 Å². The van der Waals surface area contributed by atoms with Crippen molar-refractivity contribution in [2.75, 3.05) is 25.6 Å². The van der Waals surface area contributed by atoms with Gasteiger partial charge in [0.15, 0.2) is 0 Å². The minimum atomic E-state index is 0.109. The maximum Gasteiger partial charge on any atom is 0.142 e. The lowest BCUT2D eigenvalue weighted by Gasteiger charge is -2.12. The molecule has 0 fully saturated rings. The van der Waals surface area contributed by atoms with Crippen molar-refractivity contribution < 1.29 is 14.6 Å². The monoisotopic (exact) mass is 273 g/mol. The summed E-state index contributed by atoms with van der Waals surface area (Å²) in [5, 5.41) is 9.00. The van der Waals surface area contributed by atoms with Gasteiger partial charge in [-0.3, -0.25) is 0 Å². The molecule has 20 heavy (non-hydrogen) atoms. The minimum absolute atomic E-state index is 0.109. The molecule has 0 heterocycles. The first-order valence-corrected chi connectivity index (χ1v) is 6.60. The SMILES string of the molecule is Nc1ccccc1OCCOc1ccccc1CCO. The van der Waals surface area contributed by atoms with Crippen molar-refractivity contribution in [1.29, 1.82) is 0 Å². The molecule has 0 amide bonds. The lowest BCUT2D eigenvalue weighted by Crippen LogP contribution is -2.11. The average molecular weight is 273 g/mol. The summed E-state index contributed by atoms with van der Waals surface area (Å²) < 4.78 is 11.2.